The van der Waals surface area contributed by atoms with Crippen molar-refractivity contribution in [2.24, 2.45) is 5.84 Å². The summed E-state index contributed by atoms with van der Waals surface area (Å²) in [5, 5.41) is 15.5. The van der Waals surface area contributed by atoms with Crippen molar-refractivity contribution >= 4 is 23.3 Å². The Morgan fingerprint density at radius 2 is 2.05 bits per heavy atom. The number of halogens is 1. The molecule has 0 unspecified atom stereocenters. The van der Waals surface area contributed by atoms with E-state index in [1.54, 1.807) is 23.9 Å². The molecule has 1 saturated heterocycles. The molecule has 1 fully saturated rings. The first-order valence-electron chi connectivity index (χ1n) is 5.89. The van der Waals surface area contributed by atoms with Crippen LogP contribution in [0.25, 0.3) is 5.70 Å². The van der Waals surface area contributed by atoms with Crippen LogP contribution in [0, 0.1) is 11.2 Å². The molecule has 6 heteroatoms. The third-order valence-corrected chi connectivity index (χ3v) is 4.09. The molecule has 3 rings (SSSR count). The van der Waals surface area contributed by atoms with Gasteiger partial charge >= 0.3 is 0 Å². The van der Waals surface area contributed by atoms with Crippen molar-refractivity contribution in [3.05, 3.63) is 51.7 Å². The van der Waals surface area contributed by atoms with Crippen LogP contribution in [0.4, 0.5) is 4.39 Å². The summed E-state index contributed by atoms with van der Waals surface area (Å²) in [6.07, 6.45) is 0.773. The SMILES string of the molecule is N=C1C(=C2NC(c3ccc(F)cc3)=CS2)CCN1N. The number of amidine groups is 1. The Kier molecular flexibility index (Phi) is 3.04. The van der Waals surface area contributed by atoms with Crippen LogP contribution >= 0.6 is 11.8 Å². The van der Waals surface area contributed by atoms with Gasteiger partial charge in [0.05, 0.1) is 10.7 Å². The topological polar surface area (TPSA) is 65.1 Å². The number of nitrogens with one attached hydrogen (secondary N) is 2. The van der Waals surface area contributed by atoms with Gasteiger partial charge in [-0.25, -0.2) is 10.2 Å². The molecule has 1 aromatic carbocycles. The summed E-state index contributed by atoms with van der Waals surface area (Å²) in [5.74, 6) is 5.80. The number of benzene rings is 1. The molecular weight excluding hydrogens is 263 g/mol. The van der Waals surface area contributed by atoms with Crippen molar-refractivity contribution < 1.29 is 4.39 Å². The van der Waals surface area contributed by atoms with Gasteiger partial charge in [0.1, 0.15) is 11.7 Å². The van der Waals surface area contributed by atoms with Crippen molar-refractivity contribution in [2.75, 3.05) is 6.54 Å². The van der Waals surface area contributed by atoms with Crippen molar-refractivity contribution in [2.45, 2.75) is 6.42 Å². The first-order valence-corrected chi connectivity index (χ1v) is 6.77. The zero-order chi connectivity index (χ0) is 13.4. The third-order valence-electron chi connectivity index (χ3n) is 3.15. The molecular formula is C13H13FN4S. The smallest absolute Gasteiger partial charge is 0.140 e. The summed E-state index contributed by atoms with van der Waals surface area (Å²) in [6, 6.07) is 6.34. The van der Waals surface area contributed by atoms with Gasteiger partial charge in [-0.2, -0.15) is 0 Å². The molecule has 2 aliphatic rings. The Hall–Kier alpha value is -1.79. The summed E-state index contributed by atoms with van der Waals surface area (Å²) in [6.45, 7) is 0.672. The molecule has 0 aromatic heterocycles. The molecule has 0 aliphatic carbocycles. The lowest BCUT2D eigenvalue weighted by atomic mass is 10.1. The number of hydrogen-bond donors (Lipinski definition) is 3. The van der Waals surface area contributed by atoms with Gasteiger partial charge < -0.3 is 5.32 Å². The standard InChI is InChI=1S/C13H13FN4S/c14-9-3-1-8(2-4-9)11-7-19-13(17-11)10-5-6-18(16)12(10)15/h1-4,7,15,17H,5-6,16H2. The van der Waals surface area contributed by atoms with Crippen molar-refractivity contribution in [3.8, 4) is 0 Å². The maximum Gasteiger partial charge on any atom is 0.140 e. The molecule has 98 valence electrons. The van der Waals surface area contributed by atoms with Gasteiger partial charge in [-0.05, 0) is 36.2 Å². The number of hydrogen-bond acceptors (Lipinski definition) is 4. The lowest BCUT2D eigenvalue weighted by Crippen LogP contribution is -2.32. The Morgan fingerprint density at radius 1 is 1.32 bits per heavy atom. The largest absolute Gasteiger partial charge is 0.349 e. The average molecular weight is 276 g/mol. The minimum atomic E-state index is -0.245. The summed E-state index contributed by atoms with van der Waals surface area (Å²) in [7, 11) is 0. The van der Waals surface area contributed by atoms with Crippen molar-refractivity contribution in [1.82, 2.24) is 10.3 Å². The maximum absolute atomic E-state index is 12.9. The van der Waals surface area contributed by atoms with Gasteiger partial charge in [0.25, 0.3) is 0 Å². The summed E-state index contributed by atoms with van der Waals surface area (Å²) in [5.41, 5.74) is 2.79. The highest BCUT2D eigenvalue weighted by molar-refractivity contribution is 8.06. The van der Waals surface area contributed by atoms with Crippen LogP contribution in [0.2, 0.25) is 0 Å². The molecule has 2 heterocycles. The second kappa shape index (κ2) is 4.71. The van der Waals surface area contributed by atoms with E-state index in [1.807, 2.05) is 5.41 Å². The molecule has 4 nitrogen and oxygen atoms in total. The van der Waals surface area contributed by atoms with Gasteiger partial charge in [-0.15, -0.1) is 0 Å². The minimum Gasteiger partial charge on any atom is -0.349 e. The fourth-order valence-corrected chi connectivity index (χ4v) is 3.01. The molecule has 1 aromatic rings. The van der Waals surface area contributed by atoms with Crippen molar-refractivity contribution in [1.29, 1.82) is 5.41 Å². The number of nitrogens with zero attached hydrogens (tertiary/aromatic N) is 1. The van der Waals surface area contributed by atoms with Crippen LogP contribution in [0.3, 0.4) is 0 Å². The van der Waals surface area contributed by atoms with E-state index in [-0.39, 0.29) is 5.82 Å². The van der Waals surface area contributed by atoms with Crippen LogP contribution in [-0.2, 0) is 0 Å². The zero-order valence-electron chi connectivity index (χ0n) is 10.1. The van der Waals surface area contributed by atoms with E-state index in [2.05, 4.69) is 5.32 Å². The van der Waals surface area contributed by atoms with E-state index in [9.17, 15) is 4.39 Å². The fourth-order valence-electron chi connectivity index (χ4n) is 2.07. The first kappa shape index (κ1) is 12.3. The molecule has 0 radical (unpaired) electrons. The third kappa shape index (κ3) is 2.24. The summed E-state index contributed by atoms with van der Waals surface area (Å²) in [4.78, 5) is 0. The molecule has 4 N–H and O–H groups in total. The van der Waals surface area contributed by atoms with Crippen LogP contribution in [0.1, 0.15) is 12.0 Å². The molecule has 0 atom stereocenters. The second-order valence-electron chi connectivity index (χ2n) is 4.38. The van der Waals surface area contributed by atoms with Crippen LogP contribution < -0.4 is 11.2 Å². The van der Waals surface area contributed by atoms with Crippen LogP contribution in [0.5, 0.6) is 0 Å². The lowest BCUT2D eigenvalue weighted by Gasteiger charge is -2.10. The summed E-state index contributed by atoms with van der Waals surface area (Å²) >= 11 is 1.54. The molecule has 0 bridgehead atoms. The lowest BCUT2D eigenvalue weighted by molar-refractivity contribution is 0.477. The zero-order valence-corrected chi connectivity index (χ0v) is 10.9. The minimum absolute atomic E-state index is 0.245. The first-order chi connectivity index (χ1) is 9.15. The molecule has 19 heavy (non-hydrogen) atoms. The Bertz CT molecular complexity index is 591. The highest BCUT2D eigenvalue weighted by Gasteiger charge is 2.26. The van der Waals surface area contributed by atoms with Crippen LogP contribution in [0.15, 0.2) is 40.3 Å². The van der Waals surface area contributed by atoms with Gasteiger partial charge in [0, 0.05) is 17.5 Å². The van der Waals surface area contributed by atoms with Gasteiger partial charge in [-0.1, -0.05) is 11.8 Å². The second-order valence-corrected chi connectivity index (χ2v) is 5.26. The highest BCUT2D eigenvalue weighted by Crippen LogP contribution is 2.34. The predicted molar refractivity (Wildman–Crippen MR) is 75.4 cm³/mol. The molecule has 0 saturated carbocycles. The Morgan fingerprint density at radius 3 is 2.68 bits per heavy atom. The quantitative estimate of drug-likeness (QED) is 0.688. The highest BCUT2D eigenvalue weighted by atomic mass is 32.2. The van der Waals surface area contributed by atoms with E-state index in [0.717, 1.165) is 28.3 Å². The molecule has 2 aliphatic heterocycles. The van der Waals surface area contributed by atoms with E-state index in [1.165, 1.54) is 17.1 Å². The van der Waals surface area contributed by atoms with Gasteiger partial charge in [0.15, 0.2) is 0 Å². The van der Waals surface area contributed by atoms with Gasteiger partial charge in [0.2, 0.25) is 0 Å². The van der Waals surface area contributed by atoms with Gasteiger partial charge in [-0.3, -0.25) is 10.4 Å². The predicted octanol–water partition coefficient (Wildman–Crippen LogP) is 2.23. The number of hydrazine groups is 1. The normalized spacial score (nSPS) is 22.7. The van der Waals surface area contributed by atoms with Crippen molar-refractivity contribution in [3.63, 3.8) is 0 Å². The molecule has 0 spiro atoms. The van der Waals surface area contributed by atoms with E-state index >= 15 is 0 Å². The Labute approximate surface area is 114 Å². The van der Waals surface area contributed by atoms with E-state index in [0.29, 0.717) is 12.4 Å². The monoisotopic (exact) mass is 276 g/mol. The Balaban J connectivity index is 1.82. The summed E-state index contributed by atoms with van der Waals surface area (Å²) < 4.78 is 12.9. The van der Waals surface area contributed by atoms with Crippen LogP contribution in [-0.4, -0.2) is 17.4 Å². The molecule has 0 amide bonds. The van der Waals surface area contributed by atoms with E-state index in [4.69, 9.17) is 11.3 Å². The maximum atomic E-state index is 12.9. The number of thioether (sulfide) groups is 1. The fraction of sp³-hybridized carbons (Fsp3) is 0.154. The number of rotatable bonds is 1. The van der Waals surface area contributed by atoms with E-state index < -0.39 is 0 Å². The average Bonchev–Trinajstić information content (AvgIpc) is 2.99. The number of nitrogens with two attached hydrogens (primary N) is 1.